The predicted octanol–water partition coefficient (Wildman–Crippen LogP) is -0.396. The SMILES string of the molecule is Nc1cc(S(=O)(=O)O)cc2[nH]c(S(=O)(=O)O)cc(=O)c12. The van der Waals surface area contributed by atoms with Crippen LogP contribution in [0.4, 0.5) is 5.69 Å². The lowest BCUT2D eigenvalue weighted by molar-refractivity contribution is 0.479. The number of H-pyrrole nitrogens is 1. The van der Waals surface area contributed by atoms with Crippen molar-refractivity contribution >= 4 is 36.8 Å². The van der Waals surface area contributed by atoms with Crippen LogP contribution in [-0.2, 0) is 20.2 Å². The number of fused-ring (bicyclic) bond motifs is 1. The molecule has 0 bridgehead atoms. The number of hydrogen-bond donors (Lipinski definition) is 4. The Balaban J connectivity index is 2.99. The lowest BCUT2D eigenvalue weighted by atomic mass is 10.2. The van der Waals surface area contributed by atoms with Crippen molar-refractivity contribution < 1.29 is 25.9 Å². The van der Waals surface area contributed by atoms with E-state index in [1.807, 2.05) is 0 Å². The van der Waals surface area contributed by atoms with Gasteiger partial charge in [-0.1, -0.05) is 0 Å². The Morgan fingerprint density at radius 3 is 2.10 bits per heavy atom. The fourth-order valence-corrected chi connectivity index (χ4v) is 2.70. The van der Waals surface area contributed by atoms with Crippen LogP contribution in [-0.4, -0.2) is 30.9 Å². The molecule has 2 aromatic rings. The summed E-state index contributed by atoms with van der Waals surface area (Å²) >= 11 is 0. The second-order valence-electron chi connectivity index (χ2n) is 3.88. The van der Waals surface area contributed by atoms with Crippen molar-refractivity contribution in [2.75, 3.05) is 5.73 Å². The van der Waals surface area contributed by atoms with Gasteiger partial charge in [0.2, 0.25) is 0 Å². The average Bonchev–Trinajstić information content (AvgIpc) is 2.25. The number of nitrogen functional groups attached to an aromatic ring is 1. The van der Waals surface area contributed by atoms with Crippen molar-refractivity contribution in [1.82, 2.24) is 4.98 Å². The smallest absolute Gasteiger partial charge is 0.310 e. The largest absolute Gasteiger partial charge is 0.398 e. The van der Waals surface area contributed by atoms with E-state index in [1.54, 1.807) is 0 Å². The molecule has 1 heterocycles. The summed E-state index contributed by atoms with van der Waals surface area (Å²) in [7, 11) is -9.28. The highest BCUT2D eigenvalue weighted by Gasteiger charge is 2.18. The number of aromatic amines is 1. The van der Waals surface area contributed by atoms with Crippen molar-refractivity contribution in [1.29, 1.82) is 0 Å². The van der Waals surface area contributed by atoms with Gasteiger partial charge in [0.25, 0.3) is 10.1 Å². The molecule has 9 nitrogen and oxygen atoms in total. The Hall–Kier alpha value is -1.95. The molecular weight excluding hydrogens is 312 g/mol. The van der Waals surface area contributed by atoms with E-state index in [2.05, 4.69) is 4.98 Å². The first-order valence-corrected chi connectivity index (χ1v) is 7.80. The molecule has 11 heteroatoms. The summed E-state index contributed by atoms with van der Waals surface area (Å²) in [5, 5.41) is -0.980. The molecule has 20 heavy (non-hydrogen) atoms. The molecule has 5 N–H and O–H groups in total. The molecule has 0 radical (unpaired) electrons. The van der Waals surface area contributed by atoms with Gasteiger partial charge in [0.15, 0.2) is 10.5 Å². The summed E-state index contributed by atoms with van der Waals surface area (Å²) < 4.78 is 61.8. The fraction of sp³-hybridized carbons (Fsp3) is 0. The zero-order chi connectivity index (χ0) is 15.3. The number of hydrogen-bond acceptors (Lipinski definition) is 6. The van der Waals surface area contributed by atoms with Gasteiger partial charge in [0.1, 0.15) is 0 Å². The van der Waals surface area contributed by atoms with Gasteiger partial charge in [-0.2, -0.15) is 16.8 Å². The van der Waals surface area contributed by atoms with E-state index in [4.69, 9.17) is 14.8 Å². The molecule has 0 saturated heterocycles. The van der Waals surface area contributed by atoms with Crippen molar-refractivity contribution in [2.45, 2.75) is 9.92 Å². The Bertz CT molecular complexity index is 968. The third-order valence-electron chi connectivity index (χ3n) is 2.48. The number of anilines is 1. The van der Waals surface area contributed by atoms with Crippen LogP contribution in [0, 0.1) is 0 Å². The van der Waals surface area contributed by atoms with E-state index < -0.39 is 35.6 Å². The monoisotopic (exact) mass is 320 g/mol. The van der Waals surface area contributed by atoms with E-state index in [-0.39, 0.29) is 16.6 Å². The van der Waals surface area contributed by atoms with Gasteiger partial charge in [0.05, 0.1) is 15.8 Å². The second kappa shape index (κ2) is 4.28. The summed E-state index contributed by atoms with van der Waals surface area (Å²) in [6.07, 6.45) is 0. The number of aromatic nitrogens is 1. The van der Waals surface area contributed by atoms with Crippen LogP contribution < -0.4 is 11.2 Å². The van der Waals surface area contributed by atoms with E-state index in [0.29, 0.717) is 6.07 Å². The van der Waals surface area contributed by atoms with Gasteiger partial charge < -0.3 is 10.7 Å². The summed E-state index contributed by atoms with van der Waals surface area (Å²) in [6, 6.07) is 2.30. The Labute approximate surface area is 112 Å². The molecule has 0 unspecified atom stereocenters. The highest BCUT2D eigenvalue weighted by atomic mass is 32.2. The van der Waals surface area contributed by atoms with Gasteiger partial charge in [-0.3, -0.25) is 13.9 Å². The number of rotatable bonds is 2. The molecule has 0 aliphatic carbocycles. The van der Waals surface area contributed by atoms with Gasteiger partial charge in [-0.15, -0.1) is 0 Å². The minimum Gasteiger partial charge on any atom is -0.398 e. The minimum absolute atomic E-state index is 0.162. The van der Waals surface area contributed by atoms with Gasteiger partial charge in [0, 0.05) is 11.8 Å². The van der Waals surface area contributed by atoms with Crippen molar-refractivity contribution in [3.05, 3.63) is 28.4 Å². The molecule has 1 aromatic carbocycles. The molecule has 0 saturated carbocycles. The number of pyridine rings is 1. The number of nitrogens with two attached hydrogens (primary N) is 1. The third-order valence-corrected chi connectivity index (χ3v) is 4.09. The van der Waals surface area contributed by atoms with Crippen molar-refractivity contribution in [3.8, 4) is 0 Å². The zero-order valence-corrected chi connectivity index (χ0v) is 11.2. The maximum absolute atomic E-state index is 11.7. The molecule has 1 aromatic heterocycles. The maximum Gasteiger partial charge on any atom is 0.310 e. The molecule has 0 amide bonds. The quantitative estimate of drug-likeness (QED) is 0.428. The van der Waals surface area contributed by atoms with Crippen LogP contribution in [0.3, 0.4) is 0 Å². The first kappa shape index (κ1) is 14.5. The lowest BCUT2D eigenvalue weighted by Crippen LogP contribution is -2.12. The Morgan fingerprint density at radius 1 is 1.00 bits per heavy atom. The second-order valence-corrected chi connectivity index (χ2v) is 6.69. The first-order valence-electron chi connectivity index (χ1n) is 4.91. The molecule has 0 fully saturated rings. The molecule has 0 aliphatic rings. The summed E-state index contributed by atoms with van der Waals surface area (Å²) in [5.74, 6) is 0. The normalized spacial score (nSPS) is 12.7. The van der Waals surface area contributed by atoms with Crippen LogP contribution in [0.1, 0.15) is 0 Å². The van der Waals surface area contributed by atoms with Crippen molar-refractivity contribution in [2.24, 2.45) is 0 Å². The van der Waals surface area contributed by atoms with Crippen LogP contribution >= 0.6 is 0 Å². The zero-order valence-electron chi connectivity index (χ0n) is 9.56. The highest BCUT2D eigenvalue weighted by Crippen LogP contribution is 2.22. The molecule has 0 aliphatic heterocycles. The van der Waals surface area contributed by atoms with E-state index in [9.17, 15) is 21.6 Å². The maximum atomic E-state index is 11.7. The summed E-state index contributed by atoms with van der Waals surface area (Å²) in [4.78, 5) is 13.3. The molecular formula is C9H8N2O7S2. The van der Waals surface area contributed by atoms with E-state index >= 15 is 0 Å². The van der Waals surface area contributed by atoms with Crippen molar-refractivity contribution in [3.63, 3.8) is 0 Å². The number of nitrogens with one attached hydrogen (secondary N) is 1. The highest BCUT2D eigenvalue weighted by molar-refractivity contribution is 7.86. The number of benzene rings is 1. The lowest BCUT2D eigenvalue weighted by Gasteiger charge is -2.06. The summed E-state index contributed by atoms with van der Waals surface area (Å²) in [6.45, 7) is 0. The van der Waals surface area contributed by atoms with Gasteiger partial charge in [-0.05, 0) is 12.1 Å². The Morgan fingerprint density at radius 2 is 1.60 bits per heavy atom. The van der Waals surface area contributed by atoms with E-state index in [1.165, 1.54) is 0 Å². The molecule has 2 rings (SSSR count). The third kappa shape index (κ3) is 2.51. The van der Waals surface area contributed by atoms with Gasteiger partial charge in [-0.25, -0.2) is 0 Å². The van der Waals surface area contributed by atoms with Crippen LogP contribution in [0.25, 0.3) is 10.9 Å². The fourth-order valence-electron chi connectivity index (χ4n) is 1.66. The van der Waals surface area contributed by atoms with Gasteiger partial charge >= 0.3 is 10.1 Å². The molecule has 0 atom stereocenters. The summed E-state index contributed by atoms with van der Waals surface area (Å²) in [5.41, 5.74) is 4.16. The average molecular weight is 320 g/mol. The first-order chi connectivity index (χ1) is 9.00. The van der Waals surface area contributed by atoms with Crippen LogP contribution in [0.2, 0.25) is 0 Å². The predicted molar refractivity (Wildman–Crippen MR) is 68.6 cm³/mol. The Kier molecular flexibility index (Phi) is 3.09. The van der Waals surface area contributed by atoms with Crippen LogP contribution in [0.5, 0.6) is 0 Å². The molecule has 0 spiro atoms. The van der Waals surface area contributed by atoms with Crippen LogP contribution in [0.15, 0.2) is 32.9 Å². The molecule has 108 valence electrons. The topological polar surface area (TPSA) is 168 Å². The standard InChI is InChI=1S/C9H8N2O7S2/c10-5-1-4(19(13,14)15)2-6-9(5)7(12)3-8(11-6)20(16,17)18/h1-3H,10H2,(H,11,12)(H,13,14,15)(H,16,17,18). The minimum atomic E-state index is -4.69. The van der Waals surface area contributed by atoms with E-state index in [0.717, 1.165) is 12.1 Å².